The summed E-state index contributed by atoms with van der Waals surface area (Å²) >= 11 is 0. The van der Waals surface area contributed by atoms with Crippen LogP contribution in [0.25, 0.3) is 0 Å². The first kappa shape index (κ1) is 13.3. The van der Waals surface area contributed by atoms with Gasteiger partial charge in [0.15, 0.2) is 17.5 Å². The average molecular weight is 301 g/mol. The van der Waals surface area contributed by atoms with Gasteiger partial charge in [0.2, 0.25) is 0 Å². The fourth-order valence-corrected chi connectivity index (χ4v) is 3.35. The van der Waals surface area contributed by atoms with Crippen LogP contribution in [0.4, 0.5) is 14.6 Å². The first-order valence-electron chi connectivity index (χ1n) is 7.24. The van der Waals surface area contributed by atoms with Crippen LogP contribution in [-0.4, -0.2) is 21.3 Å². The Hall–Kier alpha value is -2.37. The first-order valence-corrected chi connectivity index (χ1v) is 7.24. The van der Waals surface area contributed by atoms with Gasteiger partial charge in [0.05, 0.1) is 18.2 Å². The van der Waals surface area contributed by atoms with Crippen LogP contribution in [-0.2, 0) is 4.79 Å². The van der Waals surface area contributed by atoms with Gasteiger partial charge in [-0.2, -0.15) is 5.10 Å². The molecule has 2 aromatic rings. The molecule has 4 rings (SSSR count). The van der Waals surface area contributed by atoms with Crippen LogP contribution in [0.1, 0.15) is 30.9 Å². The lowest BCUT2D eigenvalue weighted by Gasteiger charge is -2.34. The molecule has 2 aliphatic rings. The minimum absolute atomic E-state index is 0.0842. The first-order chi connectivity index (χ1) is 10.6. The summed E-state index contributed by atoms with van der Waals surface area (Å²) < 4.78 is 28.5. The summed E-state index contributed by atoms with van der Waals surface area (Å²) in [6.45, 7) is 0. The maximum absolute atomic E-state index is 13.6. The molecule has 0 radical (unpaired) electrons. The van der Waals surface area contributed by atoms with Gasteiger partial charge in [0.25, 0.3) is 0 Å². The topological polar surface area (TPSA) is 47.2 Å². The third kappa shape index (κ3) is 1.90. The molecule has 0 spiro atoms. The molecule has 0 N–H and O–H groups in total. The van der Waals surface area contributed by atoms with Gasteiger partial charge in [0.1, 0.15) is 5.78 Å². The number of rotatable bonds is 1. The van der Waals surface area contributed by atoms with Crippen molar-refractivity contribution in [3.63, 3.8) is 0 Å². The molecule has 2 unspecified atom stereocenters. The van der Waals surface area contributed by atoms with Crippen LogP contribution in [0.15, 0.2) is 35.5 Å². The van der Waals surface area contributed by atoms with Gasteiger partial charge < -0.3 is 0 Å². The van der Waals surface area contributed by atoms with Crippen molar-refractivity contribution in [1.29, 1.82) is 0 Å². The number of Topliss-reactive ketones (excluding diaryl/α,β-unsaturated/α-hetero) is 1. The molecule has 1 aromatic heterocycles. The highest BCUT2D eigenvalue weighted by atomic mass is 19.2. The number of hydrogen-bond acceptors (Lipinski definition) is 3. The second kappa shape index (κ2) is 4.83. The van der Waals surface area contributed by atoms with E-state index in [4.69, 9.17) is 0 Å². The molecule has 1 saturated carbocycles. The Morgan fingerprint density at radius 3 is 2.82 bits per heavy atom. The quantitative estimate of drug-likeness (QED) is 0.812. The largest absolute Gasteiger partial charge is 0.299 e. The van der Waals surface area contributed by atoms with Gasteiger partial charge in [0, 0.05) is 18.2 Å². The Bertz CT molecular complexity index is 796. The van der Waals surface area contributed by atoms with Gasteiger partial charge >= 0.3 is 0 Å². The van der Waals surface area contributed by atoms with Gasteiger partial charge in [-0.3, -0.25) is 4.79 Å². The molecule has 0 bridgehead atoms. The highest BCUT2D eigenvalue weighted by molar-refractivity contribution is 6.09. The van der Waals surface area contributed by atoms with Gasteiger partial charge in [-0.05, 0) is 30.5 Å². The SMILES string of the molecule is O=C1CCCC2=Nc3ccnn3C(c3ccc(F)c(F)c3)C12. The number of hydrogen-bond donors (Lipinski definition) is 0. The number of carbonyl (C=O) groups excluding carboxylic acids is 1. The lowest BCUT2D eigenvalue weighted by atomic mass is 9.77. The molecule has 4 nitrogen and oxygen atoms in total. The summed E-state index contributed by atoms with van der Waals surface area (Å²) in [5.41, 5.74) is 1.36. The standard InChI is InChI=1S/C16H13F2N3O/c17-10-5-4-9(8-11(10)18)16-15-12(2-1-3-13(15)22)20-14-6-7-19-21(14)16/h4-8,15-16H,1-3H2. The number of halogens is 2. The molecule has 1 aromatic carbocycles. The normalized spacial score (nSPS) is 23.7. The van der Waals surface area contributed by atoms with Crippen LogP contribution in [0.2, 0.25) is 0 Å². The Labute approximate surface area is 125 Å². The van der Waals surface area contributed by atoms with Crippen molar-refractivity contribution in [3.8, 4) is 0 Å². The molecule has 1 fully saturated rings. The van der Waals surface area contributed by atoms with Crippen molar-refractivity contribution < 1.29 is 13.6 Å². The zero-order valence-corrected chi connectivity index (χ0v) is 11.7. The highest BCUT2D eigenvalue weighted by Crippen LogP contribution is 2.40. The molecule has 0 saturated heterocycles. The maximum atomic E-state index is 13.6. The zero-order chi connectivity index (χ0) is 15.3. The molecular formula is C16H13F2N3O. The van der Waals surface area contributed by atoms with Gasteiger partial charge in [-0.1, -0.05) is 6.07 Å². The number of fused-ring (bicyclic) bond motifs is 2. The van der Waals surface area contributed by atoms with Crippen molar-refractivity contribution in [2.24, 2.45) is 10.9 Å². The average Bonchev–Trinajstić information content (AvgIpc) is 2.96. The zero-order valence-electron chi connectivity index (χ0n) is 11.7. The Morgan fingerprint density at radius 1 is 1.14 bits per heavy atom. The molecule has 1 aliphatic carbocycles. The van der Waals surface area contributed by atoms with Crippen molar-refractivity contribution in [1.82, 2.24) is 9.78 Å². The van der Waals surface area contributed by atoms with E-state index < -0.39 is 23.6 Å². The van der Waals surface area contributed by atoms with E-state index >= 15 is 0 Å². The lowest BCUT2D eigenvalue weighted by molar-refractivity contribution is -0.122. The number of aliphatic imine (C=N–C) groups is 1. The highest BCUT2D eigenvalue weighted by Gasteiger charge is 2.41. The van der Waals surface area contributed by atoms with E-state index in [1.807, 2.05) is 0 Å². The van der Waals surface area contributed by atoms with E-state index in [1.54, 1.807) is 16.9 Å². The minimum atomic E-state index is -0.918. The van der Waals surface area contributed by atoms with E-state index in [0.29, 0.717) is 17.8 Å². The summed E-state index contributed by atoms with van der Waals surface area (Å²) in [7, 11) is 0. The third-order valence-corrected chi connectivity index (χ3v) is 4.33. The number of ketones is 1. The van der Waals surface area contributed by atoms with E-state index in [1.165, 1.54) is 6.07 Å². The summed E-state index contributed by atoms with van der Waals surface area (Å²) in [5, 5.41) is 4.23. The third-order valence-electron chi connectivity index (χ3n) is 4.33. The predicted molar refractivity (Wildman–Crippen MR) is 76.2 cm³/mol. The van der Waals surface area contributed by atoms with E-state index in [9.17, 15) is 13.6 Å². The van der Waals surface area contributed by atoms with Crippen LogP contribution in [0.3, 0.4) is 0 Å². The van der Waals surface area contributed by atoms with Crippen LogP contribution in [0, 0.1) is 17.6 Å². The second-order valence-electron chi connectivity index (χ2n) is 5.65. The monoisotopic (exact) mass is 301 g/mol. The number of aromatic nitrogens is 2. The molecule has 2 heterocycles. The number of nitrogens with zero attached hydrogens (tertiary/aromatic N) is 3. The minimum Gasteiger partial charge on any atom is -0.299 e. The van der Waals surface area contributed by atoms with Gasteiger partial charge in [-0.25, -0.2) is 18.5 Å². The summed E-state index contributed by atoms with van der Waals surface area (Å²) in [5.74, 6) is -1.52. The number of benzene rings is 1. The second-order valence-corrected chi connectivity index (χ2v) is 5.65. The molecule has 2 atom stereocenters. The lowest BCUT2D eigenvalue weighted by Crippen LogP contribution is -2.39. The van der Waals surface area contributed by atoms with Crippen molar-refractivity contribution in [2.75, 3.05) is 0 Å². The van der Waals surface area contributed by atoms with E-state index in [2.05, 4.69) is 10.1 Å². The fraction of sp³-hybridized carbons (Fsp3) is 0.312. The van der Waals surface area contributed by atoms with E-state index in [-0.39, 0.29) is 5.78 Å². The molecule has 22 heavy (non-hydrogen) atoms. The number of carbonyl (C=O) groups is 1. The summed E-state index contributed by atoms with van der Waals surface area (Å²) in [4.78, 5) is 16.9. The van der Waals surface area contributed by atoms with Gasteiger partial charge in [-0.15, -0.1) is 0 Å². The molecule has 6 heteroatoms. The summed E-state index contributed by atoms with van der Waals surface area (Å²) in [6, 6.07) is 5.05. The predicted octanol–water partition coefficient (Wildman–Crippen LogP) is 3.21. The Balaban J connectivity index is 1.90. The summed E-state index contributed by atoms with van der Waals surface area (Å²) in [6.07, 6.45) is 3.63. The Kier molecular flexibility index (Phi) is 2.92. The smallest absolute Gasteiger partial charge is 0.159 e. The maximum Gasteiger partial charge on any atom is 0.159 e. The van der Waals surface area contributed by atoms with Crippen LogP contribution < -0.4 is 0 Å². The van der Waals surface area contributed by atoms with Crippen molar-refractivity contribution >= 4 is 17.3 Å². The molecule has 112 valence electrons. The van der Waals surface area contributed by atoms with Crippen molar-refractivity contribution in [3.05, 3.63) is 47.7 Å². The van der Waals surface area contributed by atoms with Crippen LogP contribution >= 0.6 is 0 Å². The van der Waals surface area contributed by atoms with Crippen molar-refractivity contribution in [2.45, 2.75) is 25.3 Å². The van der Waals surface area contributed by atoms with Crippen LogP contribution in [0.5, 0.6) is 0 Å². The molecule has 0 amide bonds. The Morgan fingerprint density at radius 2 is 2.00 bits per heavy atom. The molecular weight excluding hydrogens is 288 g/mol. The molecule has 1 aliphatic heterocycles. The fourth-order valence-electron chi connectivity index (χ4n) is 3.35. The van der Waals surface area contributed by atoms with E-state index in [0.717, 1.165) is 30.7 Å².